The highest BCUT2D eigenvalue weighted by Crippen LogP contribution is 2.48. The van der Waals surface area contributed by atoms with Gasteiger partial charge in [-0.2, -0.15) is 4.57 Å². The van der Waals surface area contributed by atoms with Crippen LogP contribution in [0.1, 0.15) is 82.2 Å². The zero-order chi connectivity index (χ0) is 34.9. The smallest absolute Gasteiger partial charge is 0.213 e. The van der Waals surface area contributed by atoms with Crippen molar-refractivity contribution in [2.24, 2.45) is 5.92 Å². The summed E-state index contributed by atoms with van der Waals surface area (Å²) in [6.07, 6.45) is 29.6. The highest BCUT2D eigenvalue weighted by Gasteiger charge is 2.26. The largest absolute Gasteiger partial charge is 0.348 e. The fourth-order valence-corrected chi connectivity index (χ4v) is 8.49. The van der Waals surface area contributed by atoms with E-state index in [0.29, 0.717) is 11.2 Å². The van der Waals surface area contributed by atoms with Gasteiger partial charge in [0.2, 0.25) is 5.52 Å². The van der Waals surface area contributed by atoms with Crippen molar-refractivity contribution in [3.8, 4) is 0 Å². The molecule has 0 amide bonds. The van der Waals surface area contributed by atoms with Gasteiger partial charge in [-0.25, -0.2) is 4.57 Å². The number of unbranched alkanes of at least 4 members (excludes halogenated alkanes) is 1. The van der Waals surface area contributed by atoms with Crippen LogP contribution in [0, 0.1) is 5.92 Å². The number of benzene rings is 2. The first-order chi connectivity index (χ1) is 24.5. The Labute approximate surface area is 304 Å². The number of fused-ring (bicyclic) bond motifs is 2. The van der Waals surface area contributed by atoms with E-state index in [1.807, 2.05) is 0 Å². The fraction of sp³-hybridized carbons (Fsp3) is 0.304. The fourth-order valence-electron chi connectivity index (χ4n) is 7.03. The zero-order valence-electron chi connectivity index (χ0n) is 30.6. The Morgan fingerprint density at radius 2 is 1.62 bits per heavy atom. The lowest BCUT2D eigenvalue weighted by atomic mass is 9.99. The third kappa shape index (κ3) is 8.13. The third-order valence-electron chi connectivity index (χ3n) is 9.86. The minimum atomic E-state index is 0.369. The number of rotatable bonds is 13. The van der Waals surface area contributed by atoms with Crippen molar-refractivity contribution < 1.29 is 9.13 Å². The van der Waals surface area contributed by atoms with Gasteiger partial charge in [-0.15, -0.1) is 11.8 Å². The molecule has 2 aliphatic rings. The summed E-state index contributed by atoms with van der Waals surface area (Å²) in [7, 11) is 0. The summed E-state index contributed by atoms with van der Waals surface area (Å²) in [6, 6.07) is 24.4. The second-order valence-corrected chi connectivity index (χ2v) is 14.7. The van der Waals surface area contributed by atoms with Gasteiger partial charge < -0.3 is 4.90 Å². The topological polar surface area (TPSA) is 11.0 Å². The lowest BCUT2D eigenvalue weighted by Crippen LogP contribution is -2.32. The van der Waals surface area contributed by atoms with Crippen molar-refractivity contribution in [2.45, 2.75) is 78.6 Å². The molecule has 3 nitrogen and oxygen atoms in total. The maximum absolute atomic E-state index is 2.37. The molecule has 6 rings (SSSR count). The maximum atomic E-state index is 2.37. The Bertz CT molecular complexity index is 1970. The SMILES string of the molecule is CCCC[n+]1ccc(C(SC2=C(/C=C/C=C3/C=CN(CC)c4ccccc43)CC/C2=C\C=C\c2cc[n+](CC)c3ccccc23)C(C)C)cc1. The van der Waals surface area contributed by atoms with Gasteiger partial charge in [-0.3, -0.25) is 0 Å². The first-order valence-corrected chi connectivity index (χ1v) is 19.5. The summed E-state index contributed by atoms with van der Waals surface area (Å²) in [5.41, 5.74) is 10.6. The van der Waals surface area contributed by atoms with Crippen LogP contribution in [0.3, 0.4) is 0 Å². The van der Waals surface area contributed by atoms with Gasteiger partial charge >= 0.3 is 0 Å². The van der Waals surface area contributed by atoms with E-state index in [1.165, 1.54) is 67.7 Å². The first-order valence-electron chi connectivity index (χ1n) is 18.6. The molecule has 256 valence electrons. The standard InChI is InChI=1S/C46H53N3S/c1-6-9-30-47-31-26-40(27-32-47)45(35(4)5)50-46-38(18-14-16-36-28-33-48(7-2)43-22-12-10-20-41(36)43)24-25-39(46)19-15-17-37-29-34-49(8-3)44-23-13-11-21-42(37)44/h10-23,26-29,31-35,45H,6-9,24-25,30H2,1-5H3/q+2. The monoisotopic (exact) mass is 679 g/mol. The Balaban J connectivity index is 1.34. The molecule has 4 aromatic rings. The van der Waals surface area contributed by atoms with Crippen LogP contribution < -0.4 is 14.0 Å². The van der Waals surface area contributed by atoms with E-state index >= 15 is 0 Å². The second-order valence-electron chi connectivity index (χ2n) is 13.6. The number of aryl methyl sites for hydroxylation is 2. The van der Waals surface area contributed by atoms with Gasteiger partial charge in [0.1, 0.15) is 13.1 Å². The van der Waals surface area contributed by atoms with Crippen LogP contribution in [0.15, 0.2) is 144 Å². The molecular formula is C46H53N3S+2. The average Bonchev–Trinajstić information content (AvgIpc) is 3.53. The molecule has 0 radical (unpaired) electrons. The molecule has 1 aliphatic heterocycles. The molecule has 1 unspecified atom stereocenters. The van der Waals surface area contributed by atoms with Gasteiger partial charge in [-0.1, -0.05) is 94.0 Å². The minimum Gasteiger partial charge on any atom is -0.348 e. The van der Waals surface area contributed by atoms with Crippen molar-refractivity contribution in [3.05, 3.63) is 161 Å². The molecule has 0 spiro atoms. The summed E-state index contributed by atoms with van der Waals surface area (Å²) in [4.78, 5) is 3.75. The van der Waals surface area contributed by atoms with E-state index in [9.17, 15) is 0 Å². The summed E-state index contributed by atoms with van der Waals surface area (Å²) in [5, 5.41) is 1.66. The lowest BCUT2D eigenvalue weighted by Gasteiger charge is -2.26. The predicted molar refractivity (Wildman–Crippen MR) is 216 cm³/mol. The molecule has 50 heavy (non-hydrogen) atoms. The van der Waals surface area contributed by atoms with Crippen molar-refractivity contribution in [1.29, 1.82) is 0 Å². The molecule has 1 atom stereocenters. The minimum absolute atomic E-state index is 0.369. The van der Waals surface area contributed by atoms with E-state index in [4.69, 9.17) is 0 Å². The number of hydrogen-bond donors (Lipinski definition) is 0. The Hall–Kier alpha value is -4.41. The number of aromatic nitrogens is 2. The average molecular weight is 680 g/mol. The normalized spacial score (nSPS) is 17.0. The van der Waals surface area contributed by atoms with Crippen molar-refractivity contribution in [3.63, 3.8) is 0 Å². The predicted octanol–water partition coefficient (Wildman–Crippen LogP) is 11.3. The van der Waals surface area contributed by atoms with Crippen LogP contribution in [0.2, 0.25) is 0 Å². The quantitative estimate of drug-likeness (QED) is 0.130. The molecule has 1 aliphatic carbocycles. The summed E-state index contributed by atoms with van der Waals surface area (Å²) < 4.78 is 4.64. The van der Waals surface area contributed by atoms with Crippen LogP contribution in [0.25, 0.3) is 22.6 Å². The number of thioether (sulfide) groups is 1. The van der Waals surface area contributed by atoms with Crippen LogP contribution >= 0.6 is 11.8 Å². The molecule has 0 saturated carbocycles. The molecule has 0 saturated heterocycles. The van der Waals surface area contributed by atoms with E-state index in [2.05, 4.69) is 194 Å². The lowest BCUT2D eigenvalue weighted by molar-refractivity contribution is -0.697. The molecule has 0 bridgehead atoms. The summed E-state index contributed by atoms with van der Waals surface area (Å²) in [6.45, 7) is 14.4. The molecular weight excluding hydrogens is 627 g/mol. The van der Waals surface area contributed by atoms with Crippen molar-refractivity contribution in [1.82, 2.24) is 0 Å². The highest BCUT2D eigenvalue weighted by atomic mass is 32.2. The van der Waals surface area contributed by atoms with Gasteiger partial charge in [0, 0.05) is 64.8 Å². The van der Waals surface area contributed by atoms with Crippen LogP contribution in [0.4, 0.5) is 5.69 Å². The second kappa shape index (κ2) is 17.0. The van der Waals surface area contributed by atoms with E-state index in [-0.39, 0.29) is 0 Å². The van der Waals surface area contributed by atoms with Crippen LogP contribution in [-0.4, -0.2) is 6.54 Å². The number of hydrogen-bond acceptors (Lipinski definition) is 2. The molecule has 2 aromatic carbocycles. The van der Waals surface area contributed by atoms with Crippen LogP contribution in [-0.2, 0) is 13.1 Å². The van der Waals surface area contributed by atoms with E-state index in [0.717, 1.165) is 32.5 Å². The van der Waals surface area contributed by atoms with Crippen LogP contribution in [0.5, 0.6) is 0 Å². The zero-order valence-corrected chi connectivity index (χ0v) is 31.4. The first kappa shape index (κ1) is 35.4. The number of anilines is 1. The van der Waals surface area contributed by atoms with Gasteiger partial charge in [-0.05, 0) is 78.7 Å². The third-order valence-corrected chi connectivity index (χ3v) is 11.7. The van der Waals surface area contributed by atoms with Gasteiger partial charge in [0.05, 0.1) is 5.39 Å². The number of para-hydroxylation sites is 2. The number of pyridine rings is 2. The molecule has 4 heteroatoms. The number of nitrogens with zero attached hydrogens (tertiary/aromatic N) is 3. The van der Waals surface area contributed by atoms with Crippen molar-refractivity contribution in [2.75, 3.05) is 11.4 Å². The van der Waals surface area contributed by atoms with Gasteiger partial charge in [0.25, 0.3) is 0 Å². The molecule has 0 N–H and O–H groups in total. The highest BCUT2D eigenvalue weighted by molar-refractivity contribution is 8.03. The van der Waals surface area contributed by atoms with E-state index in [1.54, 1.807) is 0 Å². The molecule has 0 fully saturated rings. The summed E-state index contributed by atoms with van der Waals surface area (Å²) >= 11 is 2.06. The number of allylic oxidation sites excluding steroid dienone is 9. The Morgan fingerprint density at radius 1 is 0.840 bits per heavy atom. The maximum Gasteiger partial charge on any atom is 0.213 e. The van der Waals surface area contributed by atoms with Crippen molar-refractivity contribution >= 4 is 40.0 Å². The van der Waals surface area contributed by atoms with E-state index < -0.39 is 0 Å². The molecule has 3 heterocycles. The molecule has 2 aromatic heterocycles. The Morgan fingerprint density at radius 3 is 2.40 bits per heavy atom. The summed E-state index contributed by atoms with van der Waals surface area (Å²) in [5.74, 6) is 0.495. The Kier molecular flexibility index (Phi) is 12.0. The van der Waals surface area contributed by atoms with Gasteiger partial charge in [0.15, 0.2) is 18.6 Å².